The van der Waals surface area contributed by atoms with E-state index in [0.717, 1.165) is 12.0 Å². The summed E-state index contributed by atoms with van der Waals surface area (Å²) in [7, 11) is 0. The molecule has 36 heavy (non-hydrogen) atoms. The number of rotatable bonds is 3. The second-order valence-electron chi connectivity index (χ2n) is 9.00. The lowest BCUT2D eigenvalue weighted by atomic mass is 10.1. The van der Waals surface area contributed by atoms with Crippen LogP contribution in [0.1, 0.15) is 86.3 Å². The number of hydrogen-bond acceptors (Lipinski definition) is 5. The Morgan fingerprint density at radius 2 is 1.72 bits per heavy atom. The van der Waals surface area contributed by atoms with Crippen LogP contribution in [0.15, 0.2) is 24.5 Å². The molecule has 0 bridgehead atoms. The number of piperazine rings is 1. The number of nitrogens with one attached hydrogen (secondary N) is 1. The lowest BCUT2D eigenvalue weighted by Gasteiger charge is -2.25. The number of hydrogen-bond donors (Lipinski definition) is 2. The first-order chi connectivity index (χ1) is 16.6. The summed E-state index contributed by atoms with van der Waals surface area (Å²) in [5.74, 6) is 0.518. The standard InChI is InChI=1S/C12H13F3N4.C6H14N2.C6H12.C2H6.CH4/c1-7(2)19-4-3-10(18-19)8-5-9(12(13,14)15)11(16)17-6-8;1-2-8-5-3-7-4-6-8;1-6-4-2-3-5-6;1-2;/h3-7H,1-2H3,(H2,16,17);7H,2-6H2,1H3;6H,2-5H2,1H3;1-2H3;1H4. The molecule has 0 radical (unpaired) electrons. The first-order valence-electron chi connectivity index (χ1n) is 12.9. The van der Waals surface area contributed by atoms with Gasteiger partial charge >= 0.3 is 6.18 Å². The third-order valence-electron chi connectivity index (χ3n) is 5.96. The Morgan fingerprint density at radius 1 is 1.14 bits per heavy atom. The van der Waals surface area contributed by atoms with E-state index in [2.05, 4.69) is 34.1 Å². The topological polar surface area (TPSA) is 72.0 Å². The summed E-state index contributed by atoms with van der Waals surface area (Å²) in [5.41, 5.74) is 5.04. The fraction of sp³-hybridized carbons (Fsp3) is 0.704. The minimum Gasteiger partial charge on any atom is -0.383 e. The van der Waals surface area contributed by atoms with Crippen LogP contribution >= 0.6 is 0 Å². The Morgan fingerprint density at radius 3 is 2.11 bits per heavy atom. The maximum atomic E-state index is 12.7. The van der Waals surface area contributed by atoms with Crippen LogP contribution < -0.4 is 11.1 Å². The molecule has 0 amide bonds. The summed E-state index contributed by atoms with van der Waals surface area (Å²) in [6.07, 6.45) is 4.43. The second kappa shape index (κ2) is 17.3. The Kier molecular flexibility index (Phi) is 16.3. The van der Waals surface area contributed by atoms with E-state index in [9.17, 15) is 13.2 Å². The lowest BCUT2D eigenvalue weighted by molar-refractivity contribution is -0.137. The van der Waals surface area contributed by atoms with Crippen LogP contribution in [-0.2, 0) is 6.18 Å². The number of nitrogens with two attached hydrogens (primary N) is 1. The third kappa shape index (κ3) is 11.7. The van der Waals surface area contributed by atoms with Crippen molar-refractivity contribution in [2.45, 2.75) is 86.9 Å². The summed E-state index contributed by atoms with van der Waals surface area (Å²) < 4.78 is 39.9. The maximum absolute atomic E-state index is 12.7. The van der Waals surface area contributed by atoms with Crippen LogP contribution in [0.5, 0.6) is 0 Å². The van der Waals surface area contributed by atoms with Gasteiger partial charge in [-0.25, -0.2) is 4.98 Å². The van der Waals surface area contributed by atoms with Crippen molar-refractivity contribution in [3.63, 3.8) is 0 Å². The molecular formula is C27H49F3N6. The molecule has 2 fully saturated rings. The van der Waals surface area contributed by atoms with Gasteiger partial charge in [0.05, 0.1) is 11.3 Å². The fourth-order valence-electron chi connectivity index (χ4n) is 3.78. The second-order valence-corrected chi connectivity index (χ2v) is 9.00. The first-order valence-corrected chi connectivity index (χ1v) is 12.9. The molecule has 0 spiro atoms. The van der Waals surface area contributed by atoms with Crippen LogP contribution in [0, 0.1) is 5.92 Å². The van der Waals surface area contributed by atoms with Crippen LogP contribution in [0.3, 0.4) is 0 Å². The van der Waals surface area contributed by atoms with E-state index in [4.69, 9.17) is 5.73 Å². The van der Waals surface area contributed by atoms with Gasteiger partial charge in [0.15, 0.2) is 0 Å². The van der Waals surface area contributed by atoms with Crippen molar-refractivity contribution in [2.24, 2.45) is 5.92 Å². The van der Waals surface area contributed by atoms with Gasteiger partial charge in [0.2, 0.25) is 0 Å². The quantitative estimate of drug-likeness (QED) is 0.466. The summed E-state index contributed by atoms with van der Waals surface area (Å²) >= 11 is 0. The number of nitrogens with zero attached hydrogens (tertiary/aromatic N) is 4. The van der Waals surface area contributed by atoms with E-state index < -0.39 is 17.6 Å². The number of likely N-dealkylation sites (N-methyl/N-ethyl adjacent to an activating group) is 1. The van der Waals surface area contributed by atoms with Crippen LogP contribution in [0.25, 0.3) is 11.3 Å². The normalized spacial score (nSPS) is 16.1. The molecule has 1 saturated heterocycles. The molecule has 2 aromatic heterocycles. The number of halogens is 3. The summed E-state index contributed by atoms with van der Waals surface area (Å²) in [6, 6.07) is 2.75. The van der Waals surface area contributed by atoms with E-state index in [1.165, 1.54) is 64.6 Å². The van der Waals surface area contributed by atoms with Crippen molar-refractivity contribution in [3.8, 4) is 11.3 Å². The third-order valence-corrected chi connectivity index (χ3v) is 5.96. The van der Waals surface area contributed by atoms with Gasteiger partial charge in [0.25, 0.3) is 0 Å². The summed E-state index contributed by atoms with van der Waals surface area (Å²) in [4.78, 5) is 6.04. The van der Waals surface area contributed by atoms with Crippen LogP contribution in [0.2, 0.25) is 0 Å². The molecule has 9 heteroatoms. The highest BCUT2D eigenvalue weighted by molar-refractivity contribution is 5.61. The zero-order valence-electron chi connectivity index (χ0n) is 22.3. The summed E-state index contributed by atoms with van der Waals surface area (Å²) in [6.45, 7) is 18.4. The lowest BCUT2D eigenvalue weighted by Crippen LogP contribution is -2.43. The predicted molar refractivity (Wildman–Crippen MR) is 146 cm³/mol. The molecule has 1 saturated carbocycles. The Hall–Kier alpha value is -2.13. The van der Waals surface area contributed by atoms with Gasteiger partial charge in [-0.2, -0.15) is 18.3 Å². The predicted octanol–water partition coefficient (Wildman–Crippen LogP) is 6.90. The molecule has 2 aliphatic rings. The van der Waals surface area contributed by atoms with Crippen molar-refractivity contribution >= 4 is 5.82 Å². The molecule has 1 aliphatic carbocycles. The van der Waals surface area contributed by atoms with Crippen LogP contribution in [-0.4, -0.2) is 52.4 Å². The van der Waals surface area contributed by atoms with E-state index in [-0.39, 0.29) is 13.5 Å². The monoisotopic (exact) mass is 514 g/mol. The SMILES string of the molecule is C.CC.CC(C)n1ccc(-c2cnc(N)c(C(F)(F)F)c2)n1.CC1CCCC1.CCN1CCNCC1. The molecule has 3 heterocycles. The molecule has 2 aromatic rings. The average molecular weight is 515 g/mol. The van der Waals surface area contributed by atoms with Crippen molar-refractivity contribution in [2.75, 3.05) is 38.5 Å². The smallest absolute Gasteiger partial charge is 0.383 e. The zero-order valence-corrected chi connectivity index (χ0v) is 22.3. The van der Waals surface area contributed by atoms with Gasteiger partial charge in [-0.15, -0.1) is 0 Å². The highest BCUT2D eigenvalue weighted by Gasteiger charge is 2.34. The van der Waals surface area contributed by atoms with Crippen LogP contribution in [0.4, 0.5) is 19.0 Å². The first kappa shape index (κ1) is 33.9. The number of pyridine rings is 1. The molecule has 0 aromatic carbocycles. The Bertz CT molecular complexity index is 823. The minimum absolute atomic E-state index is 0. The van der Waals surface area contributed by atoms with Gasteiger partial charge in [0.1, 0.15) is 5.82 Å². The molecule has 6 nitrogen and oxygen atoms in total. The van der Waals surface area contributed by atoms with Crippen molar-refractivity contribution in [1.29, 1.82) is 0 Å². The van der Waals surface area contributed by atoms with Gasteiger partial charge in [-0.05, 0) is 38.4 Å². The highest BCUT2D eigenvalue weighted by atomic mass is 19.4. The number of aromatic nitrogens is 3. The van der Waals surface area contributed by atoms with E-state index in [1.807, 2.05) is 27.7 Å². The maximum Gasteiger partial charge on any atom is 0.419 e. The molecule has 3 N–H and O–H groups in total. The van der Waals surface area contributed by atoms with Gasteiger partial charge in [0, 0.05) is 50.2 Å². The minimum atomic E-state index is -4.52. The zero-order chi connectivity index (χ0) is 26.4. The molecule has 0 unspecified atom stereocenters. The Balaban J connectivity index is 0.000000592. The molecule has 0 atom stereocenters. The van der Waals surface area contributed by atoms with Gasteiger partial charge in [-0.1, -0.05) is 60.8 Å². The molecule has 4 rings (SSSR count). The van der Waals surface area contributed by atoms with Crippen molar-refractivity contribution in [1.82, 2.24) is 25.0 Å². The summed E-state index contributed by atoms with van der Waals surface area (Å²) in [5, 5.41) is 7.51. The number of anilines is 1. The fourth-order valence-corrected chi connectivity index (χ4v) is 3.78. The average Bonchev–Trinajstić information content (AvgIpc) is 3.53. The highest BCUT2D eigenvalue weighted by Crippen LogP contribution is 2.34. The van der Waals surface area contributed by atoms with Gasteiger partial charge in [-0.3, -0.25) is 4.68 Å². The molecular weight excluding hydrogens is 465 g/mol. The van der Waals surface area contributed by atoms with Crippen molar-refractivity contribution < 1.29 is 13.2 Å². The van der Waals surface area contributed by atoms with Crippen molar-refractivity contribution in [3.05, 3.63) is 30.1 Å². The van der Waals surface area contributed by atoms with E-state index >= 15 is 0 Å². The molecule has 1 aliphatic heterocycles. The van der Waals surface area contributed by atoms with E-state index in [0.29, 0.717) is 11.3 Å². The number of alkyl halides is 3. The molecule has 208 valence electrons. The number of nitrogen functional groups attached to an aromatic ring is 1. The Labute approximate surface area is 216 Å². The largest absolute Gasteiger partial charge is 0.419 e. The van der Waals surface area contributed by atoms with E-state index in [1.54, 1.807) is 16.9 Å². The van der Waals surface area contributed by atoms with Gasteiger partial charge < -0.3 is 16.0 Å².